The van der Waals surface area contributed by atoms with Gasteiger partial charge in [-0.15, -0.1) is 0 Å². The summed E-state index contributed by atoms with van der Waals surface area (Å²) in [6, 6.07) is 6.18. The van der Waals surface area contributed by atoms with Gasteiger partial charge in [-0.25, -0.2) is 4.99 Å². The summed E-state index contributed by atoms with van der Waals surface area (Å²) in [6.07, 6.45) is 2.95. The Bertz CT molecular complexity index is 605. The Morgan fingerprint density at radius 3 is 2.64 bits per heavy atom. The van der Waals surface area contributed by atoms with Gasteiger partial charge < -0.3 is 24.8 Å². The summed E-state index contributed by atoms with van der Waals surface area (Å²) in [4.78, 5) is 15.8. The van der Waals surface area contributed by atoms with Crippen LogP contribution in [-0.4, -0.2) is 52.5 Å². The largest absolute Gasteiger partial charge is 0.493 e. The predicted molar refractivity (Wildman–Crippen MR) is 112 cm³/mol. The molecule has 0 spiro atoms. The number of aryl methyl sites for hydroxylation is 1. The molecule has 1 aromatic carbocycles. The van der Waals surface area contributed by atoms with E-state index in [1.807, 2.05) is 13.0 Å². The molecule has 0 radical (unpaired) electrons. The van der Waals surface area contributed by atoms with Crippen molar-refractivity contribution in [3.8, 4) is 5.75 Å². The molecule has 0 amide bonds. The van der Waals surface area contributed by atoms with Crippen molar-refractivity contribution in [1.29, 1.82) is 0 Å². The second kappa shape index (κ2) is 14.7. The highest BCUT2D eigenvalue weighted by Gasteiger charge is 2.06. The molecule has 0 unspecified atom stereocenters. The fourth-order valence-corrected chi connectivity index (χ4v) is 2.52. The molecular formula is C21H35N3O4. The van der Waals surface area contributed by atoms with Crippen LogP contribution in [0.2, 0.25) is 0 Å². The third-order valence-corrected chi connectivity index (χ3v) is 4.05. The first kappa shape index (κ1) is 23.8. The number of carbonyl (C=O) groups is 1. The van der Waals surface area contributed by atoms with E-state index in [0.717, 1.165) is 55.2 Å². The number of esters is 1. The van der Waals surface area contributed by atoms with E-state index in [2.05, 4.69) is 39.4 Å². The molecule has 0 aliphatic rings. The number of ether oxygens (including phenoxy) is 3. The number of hydrogen-bond acceptors (Lipinski definition) is 5. The van der Waals surface area contributed by atoms with Crippen molar-refractivity contribution in [2.45, 2.75) is 46.1 Å². The third kappa shape index (κ3) is 10.2. The molecule has 0 aliphatic heterocycles. The number of benzene rings is 1. The van der Waals surface area contributed by atoms with Crippen LogP contribution >= 0.6 is 0 Å². The number of nitrogens with one attached hydrogen (secondary N) is 2. The average Bonchev–Trinajstić information content (AvgIpc) is 2.69. The molecule has 2 N–H and O–H groups in total. The second-order valence-corrected chi connectivity index (χ2v) is 6.46. The topological polar surface area (TPSA) is 81.2 Å². The number of carbonyl (C=O) groups excluding carboxylic acids is 1. The van der Waals surface area contributed by atoms with Crippen LogP contribution in [-0.2, 0) is 20.8 Å². The van der Waals surface area contributed by atoms with E-state index in [0.29, 0.717) is 26.2 Å². The number of methoxy groups -OCH3 is 2. The van der Waals surface area contributed by atoms with Crippen molar-refractivity contribution in [3.05, 3.63) is 29.3 Å². The van der Waals surface area contributed by atoms with Crippen LogP contribution in [0.3, 0.4) is 0 Å². The zero-order valence-corrected chi connectivity index (χ0v) is 17.7. The van der Waals surface area contributed by atoms with E-state index >= 15 is 0 Å². The summed E-state index contributed by atoms with van der Waals surface area (Å²) in [5.41, 5.74) is 2.20. The SMILES string of the molecule is CCNC(=NCc1ccc(C)cc1OCCCOC)NCCCCC(=O)OC. The molecule has 1 aromatic rings. The maximum Gasteiger partial charge on any atom is 0.305 e. The molecule has 0 saturated heterocycles. The van der Waals surface area contributed by atoms with E-state index in [-0.39, 0.29) is 5.97 Å². The summed E-state index contributed by atoms with van der Waals surface area (Å²) in [7, 11) is 3.11. The van der Waals surface area contributed by atoms with Gasteiger partial charge in [0.05, 0.1) is 20.3 Å². The number of rotatable bonds is 13. The lowest BCUT2D eigenvalue weighted by Crippen LogP contribution is -2.37. The van der Waals surface area contributed by atoms with E-state index in [9.17, 15) is 4.79 Å². The number of hydrogen-bond donors (Lipinski definition) is 2. The molecular weight excluding hydrogens is 358 g/mol. The lowest BCUT2D eigenvalue weighted by Gasteiger charge is -2.13. The highest BCUT2D eigenvalue weighted by atomic mass is 16.5. The number of aliphatic imine (C=N–C) groups is 1. The fourth-order valence-electron chi connectivity index (χ4n) is 2.52. The minimum Gasteiger partial charge on any atom is -0.493 e. The van der Waals surface area contributed by atoms with Gasteiger partial charge in [0.25, 0.3) is 0 Å². The Hall–Kier alpha value is -2.28. The van der Waals surface area contributed by atoms with Crippen LogP contribution in [0.5, 0.6) is 5.75 Å². The van der Waals surface area contributed by atoms with Gasteiger partial charge in [-0.2, -0.15) is 0 Å². The van der Waals surface area contributed by atoms with E-state index in [4.69, 9.17) is 9.47 Å². The van der Waals surface area contributed by atoms with Crippen LogP contribution < -0.4 is 15.4 Å². The lowest BCUT2D eigenvalue weighted by molar-refractivity contribution is -0.140. The molecule has 0 atom stereocenters. The van der Waals surface area contributed by atoms with Crippen LogP contribution in [0.4, 0.5) is 0 Å². The third-order valence-electron chi connectivity index (χ3n) is 4.05. The average molecular weight is 394 g/mol. The van der Waals surface area contributed by atoms with Gasteiger partial charge in [-0.05, 0) is 38.3 Å². The smallest absolute Gasteiger partial charge is 0.305 e. The second-order valence-electron chi connectivity index (χ2n) is 6.46. The molecule has 0 heterocycles. The molecule has 0 bridgehead atoms. The molecule has 0 saturated carbocycles. The maximum atomic E-state index is 11.1. The van der Waals surface area contributed by atoms with Crippen LogP contribution in [0.15, 0.2) is 23.2 Å². The molecule has 1 rings (SSSR count). The summed E-state index contributed by atoms with van der Waals surface area (Å²) >= 11 is 0. The summed E-state index contributed by atoms with van der Waals surface area (Å²) in [5.74, 6) is 1.46. The molecule has 7 heteroatoms. The van der Waals surface area contributed by atoms with Crippen molar-refractivity contribution in [1.82, 2.24) is 10.6 Å². The highest BCUT2D eigenvalue weighted by molar-refractivity contribution is 5.79. The highest BCUT2D eigenvalue weighted by Crippen LogP contribution is 2.21. The van der Waals surface area contributed by atoms with Gasteiger partial charge in [0, 0.05) is 45.2 Å². The minimum atomic E-state index is -0.169. The zero-order valence-electron chi connectivity index (χ0n) is 17.7. The molecule has 158 valence electrons. The summed E-state index contributed by atoms with van der Waals surface area (Å²) in [5, 5.41) is 6.55. The molecule has 0 aliphatic carbocycles. The van der Waals surface area contributed by atoms with Crippen LogP contribution in [0.25, 0.3) is 0 Å². The van der Waals surface area contributed by atoms with Crippen LogP contribution in [0, 0.1) is 6.92 Å². The number of unbranched alkanes of at least 4 members (excludes halogenated alkanes) is 1. The molecule has 0 aromatic heterocycles. The van der Waals surface area contributed by atoms with E-state index in [1.165, 1.54) is 7.11 Å². The van der Waals surface area contributed by atoms with Gasteiger partial charge in [0.2, 0.25) is 0 Å². The Labute approximate surface area is 168 Å². The van der Waals surface area contributed by atoms with Gasteiger partial charge >= 0.3 is 5.97 Å². The van der Waals surface area contributed by atoms with Gasteiger partial charge in [-0.1, -0.05) is 12.1 Å². The first-order valence-corrected chi connectivity index (χ1v) is 9.91. The van der Waals surface area contributed by atoms with Crippen molar-refractivity contribution >= 4 is 11.9 Å². The van der Waals surface area contributed by atoms with Crippen molar-refractivity contribution in [2.24, 2.45) is 4.99 Å². The van der Waals surface area contributed by atoms with Crippen LogP contribution in [0.1, 0.15) is 43.7 Å². The molecule has 28 heavy (non-hydrogen) atoms. The standard InChI is InChI=1S/C21H35N3O4/c1-5-22-21(23-12-7-6-9-20(25)27-4)24-16-18-11-10-17(2)15-19(18)28-14-8-13-26-3/h10-11,15H,5-9,12-14,16H2,1-4H3,(H2,22,23,24). The number of guanidine groups is 1. The number of nitrogens with zero attached hydrogens (tertiary/aromatic N) is 1. The first-order valence-electron chi connectivity index (χ1n) is 9.91. The summed E-state index contributed by atoms with van der Waals surface area (Å²) in [6.45, 7) is 7.44. The zero-order chi connectivity index (χ0) is 20.6. The van der Waals surface area contributed by atoms with Gasteiger partial charge in [0.1, 0.15) is 5.75 Å². The van der Waals surface area contributed by atoms with E-state index in [1.54, 1.807) is 7.11 Å². The Morgan fingerprint density at radius 2 is 1.93 bits per heavy atom. The maximum absolute atomic E-state index is 11.1. The summed E-state index contributed by atoms with van der Waals surface area (Å²) < 4.78 is 15.6. The van der Waals surface area contributed by atoms with Crippen molar-refractivity contribution in [2.75, 3.05) is 40.5 Å². The Balaban J connectivity index is 2.59. The van der Waals surface area contributed by atoms with Crippen molar-refractivity contribution in [3.63, 3.8) is 0 Å². The quantitative estimate of drug-likeness (QED) is 0.232. The minimum absolute atomic E-state index is 0.169. The monoisotopic (exact) mass is 393 g/mol. The van der Waals surface area contributed by atoms with Gasteiger partial charge in [-0.3, -0.25) is 4.79 Å². The lowest BCUT2D eigenvalue weighted by atomic mass is 10.1. The Kier molecular flexibility index (Phi) is 12.5. The predicted octanol–water partition coefficient (Wildman–Crippen LogP) is 2.81. The first-order chi connectivity index (χ1) is 13.6. The molecule has 7 nitrogen and oxygen atoms in total. The Morgan fingerprint density at radius 1 is 1.11 bits per heavy atom. The normalized spacial score (nSPS) is 11.2. The van der Waals surface area contributed by atoms with Gasteiger partial charge in [0.15, 0.2) is 5.96 Å². The van der Waals surface area contributed by atoms with Crippen molar-refractivity contribution < 1.29 is 19.0 Å². The fraction of sp³-hybridized carbons (Fsp3) is 0.619. The van der Waals surface area contributed by atoms with E-state index < -0.39 is 0 Å². The molecule has 0 fully saturated rings.